The number of hydrogen-bond acceptors (Lipinski definition) is 6. The molecule has 3 heterocycles. The molecule has 0 aromatic carbocycles. The fourth-order valence-corrected chi connectivity index (χ4v) is 3.74. The van der Waals surface area contributed by atoms with E-state index in [-0.39, 0.29) is 17.2 Å². The summed E-state index contributed by atoms with van der Waals surface area (Å²) in [7, 11) is 0. The van der Waals surface area contributed by atoms with Gasteiger partial charge in [0, 0.05) is 17.6 Å². The molecule has 1 unspecified atom stereocenters. The summed E-state index contributed by atoms with van der Waals surface area (Å²) in [6.07, 6.45) is 10.8. The molecule has 0 spiro atoms. The number of nitrogens with one attached hydrogen (secondary N) is 2. The van der Waals surface area contributed by atoms with Crippen LogP contribution in [0.25, 0.3) is 11.0 Å². The van der Waals surface area contributed by atoms with Gasteiger partial charge in [0.05, 0.1) is 6.04 Å². The summed E-state index contributed by atoms with van der Waals surface area (Å²) in [5, 5.41) is 16.8. The van der Waals surface area contributed by atoms with Gasteiger partial charge in [0.15, 0.2) is 0 Å². The van der Waals surface area contributed by atoms with Gasteiger partial charge in [-0.15, -0.1) is 0 Å². The number of fused-ring (bicyclic) bond motifs is 1. The van der Waals surface area contributed by atoms with Crippen LogP contribution in [-0.4, -0.2) is 33.7 Å². The van der Waals surface area contributed by atoms with Crippen LogP contribution in [0.15, 0.2) is 29.2 Å². The van der Waals surface area contributed by atoms with Gasteiger partial charge in [0.2, 0.25) is 5.95 Å². The van der Waals surface area contributed by atoms with E-state index in [2.05, 4.69) is 26.7 Å². The van der Waals surface area contributed by atoms with Gasteiger partial charge >= 0.3 is 0 Å². The number of allylic oxidation sites excluding steroid dienone is 2. The Balaban J connectivity index is 1.79. The van der Waals surface area contributed by atoms with Crippen LogP contribution in [0.3, 0.4) is 0 Å². The van der Waals surface area contributed by atoms with Crippen LogP contribution in [0, 0.1) is 11.3 Å². The van der Waals surface area contributed by atoms with Crippen molar-refractivity contribution in [2.75, 3.05) is 18.4 Å². The SMILES string of the molecule is N#Cc1cc2cnc(NC3CCNCC3)nc2n(C2C=CCCC2)c1=O. The maximum atomic E-state index is 12.8. The Morgan fingerprint density at radius 1 is 1.31 bits per heavy atom. The van der Waals surface area contributed by atoms with Crippen molar-refractivity contribution in [2.45, 2.75) is 44.2 Å². The van der Waals surface area contributed by atoms with E-state index in [9.17, 15) is 10.1 Å². The van der Waals surface area contributed by atoms with E-state index in [1.54, 1.807) is 16.8 Å². The van der Waals surface area contributed by atoms with Crippen LogP contribution >= 0.6 is 0 Å². The average molecular weight is 350 g/mol. The second kappa shape index (κ2) is 7.26. The summed E-state index contributed by atoms with van der Waals surface area (Å²) >= 11 is 0. The first-order valence-corrected chi connectivity index (χ1v) is 9.22. The smallest absolute Gasteiger partial charge is 0.270 e. The Labute approximate surface area is 151 Å². The number of anilines is 1. The zero-order valence-corrected chi connectivity index (χ0v) is 14.6. The van der Waals surface area contributed by atoms with Crippen LogP contribution in [0.4, 0.5) is 5.95 Å². The molecule has 7 nitrogen and oxygen atoms in total. The third-order valence-electron chi connectivity index (χ3n) is 5.13. The van der Waals surface area contributed by atoms with E-state index < -0.39 is 0 Å². The molecule has 0 radical (unpaired) electrons. The van der Waals surface area contributed by atoms with E-state index in [1.165, 1.54) is 0 Å². The molecule has 1 aliphatic heterocycles. The largest absolute Gasteiger partial charge is 0.351 e. The van der Waals surface area contributed by atoms with Gasteiger partial charge in [-0.2, -0.15) is 10.2 Å². The minimum absolute atomic E-state index is 0.0614. The number of hydrogen-bond donors (Lipinski definition) is 2. The van der Waals surface area contributed by atoms with Crippen molar-refractivity contribution in [3.8, 4) is 6.07 Å². The van der Waals surface area contributed by atoms with Gasteiger partial charge in [-0.05, 0) is 51.3 Å². The number of aromatic nitrogens is 3. The highest BCUT2D eigenvalue weighted by Crippen LogP contribution is 2.25. The lowest BCUT2D eigenvalue weighted by Gasteiger charge is -2.24. The van der Waals surface area contributed by atoms with Crippen LogP contribution < -0.4 is 16.2 Å². The highest BCUT2D eigenvalue weighted by molar-refractivity contribution is 5.77. The molecule has 0 saturated carbocycles. The van der Waals surface area contributed by atoms with E-state index in [0.717, 1.165) is 50.6 Å². The minimum Gasteiger partial charge on any atom is -0.351 e. The standard InChI is InChI=1S/C19H22N6O/c20-11-13-10-14-12-22-19(23-15-6-8-21-9-7-15)24-17(14)25(18(13)26)16-4-2-1-3-5-16/h2,4,10,12,15-16,21H,1,3,5-9H2,(H,22,23,24). The summed E-state index contributed by atoms with van der Waals surface area (Å²) in [5.74, 6) is 0.544. The van der Waals surface area contributed by atoms with E-state index in [4.69, 9.17) is 0 Å². The molecule has 0 amide bonds. The Bertz CT molecular complexity index is 935. The van der Waals surface area contributed by atoms with Gasteiger partial charge in [-0.1, -0.05) is 12.2 Å². The predicted octanol–water partition coefficient (Wildman–Crippen LogP) is 2.11. The highest BCUT2D eigenvalue weighted by atomic mass is 16.1. The molecule has 2 aromatic rings. The summed E-state index contributed by atoms with van der Waals surface area (Å²) in [6, 6.07) is 3.88. The lowest BCUT2D eigenvalue weighted by molar-refractivity contribution is 0.477. The molecule has 134 valence electrons. The van der Waals surface area contributed by atoms with E-state index >= 15 is 0 Å². The molecular formula is C19H22N6O. The molecule has 7 heteroatoms. The van der Waals surface area contributed by atoms with Crippen LogP contribution in [-0.2, 0) is 0 Å². The third-order valence-corrected chi connectivity index (χ3v) is 5.13. The molecule has 1 saturated heterocycles. The first-order chi connectivity index (χ1) is 12.8. The average Bonchev–Trinajstić information content (AvgIpc) is 2.69. The van der Waals surface area contributed by atoms with Crippen molar-refractivity contribution in [1.82, 2.24) is 19.9 Å². The second-order valence-corrected chi connectivity index (χ2v) is 6.91. The zero-order chi connectivity index (χ0) is 17.9. The van der Waals surface area contributed by atoms with Crippen molar-refractivity contribution in [1.29, 1.82) is 5.26 Å². The van der Waals surface area contributed by atoms with Gasteiger partial charge in [0.1, 0.15) is 17.3 Å². The Kier molecular flexibility index (Phi) is 4.67. The topological polar surface area (TPSA) is 95.6 Å². The molecule has 0 bridgehead atoms. The Hall–Kier alpha value is -2.72. The summed E-state index contributed by atoms with van der Waals surface area (Å²) in [5.41, 5.74) is 0.458. The molecule has 2 aromatic heterocycles. The fourth-order valence-electron chi connectivity index (χ4n) is 3.74. The summed E-state index contributed by atoms with van der Waals surface area (Å²) < 4.78 is 1.67. The highest BCUT2D eigenvalue weighted by Gasteiger charge is 2.20. The molecule has 26 heavy (non-hydrogen) atoms. The van der Waals surface area contributed by atoms with Gasteiger partial charge in [0.25, 0.3) is 5.56 Å². The number of nitrogens with zero attached hydrogens (tertiary/aromatic N) is 4. The van der Waals surface area contributed by atoms with Crippen molar-refractivity contribution < 1.29 is 0 Å². The minimum atomic E-state index is -0.275. The lowest BCUT2D eigenvalue weighted by Crippen LogP contribution is -2.35. The summed E-state index contributed by atoms with van der Waals surface area (Å²) in [6.45, 7) is 1.96. The molecule has 4 rings (SSSR count). The zero-order valence-electron chi connectivity index (χ0n) is 14.6. The molecule has 2 N–H and O–H groups in total. The Morgan fingerprint density at radius 3 is 2.88 bits per heavy atom. The van der Waals surface area contributed by atoms with Crippen molar-refractivity contribution in [2.24, 2.45) is 0 Å². The van der Waals surface area contributed by atoms with Crippen LogP contribution in [0.1, 0.15) is 43.7 Å². The maximum absolute atomic E-state index is 12.8. The molecule has 1 fully saturated rings. The molecule has 1 atom stereocenters. The maximum Gasteiger partial charge on any atom is 0.270 e. The first-order valence-electron chi connectivity index (χ1n) is 9.22. The summed E-state index contributed by atoms with van der Waals surface area (Å²) in [4.78, 5) is 21.9. The van der Waals surface area contributed by atoms with Crippen LogP contribution in [0.5, 0.6) is 0 Å². The Morgan fingerprint density at radius 2 is 2.15 bits per heavy atom. The molecule has 1 aliphatic carbocycles. The van der Waals surface area contributed by atoms with Crippen molar-refractivity contribution in [3.63, 3.8) is 0 Å². The molecular weight excluding hydrogens is 328 g/mol. The monoisotopic (exact) mass is 350 g/mol. The number of rotatable bonds is 3. The molecule has 2 aliphatic rings. The van der Waals surface area contributed by atoms with Gasteiger partial charge in [-0.25, -0.2) is 4.98 Å². The predicted molar refractivity (Wildman–Crippen MR) is 100 cm³/mol. The van der Waals surface area contributed by atoms with Gasteiger partial charge in [-0.3, -0.25) is 9.36 Å². The number of piperidine rings is 1. The first kappa shape index (κ1) is 16.7. The van der Waals surface area contributed by atoms with E-state index in [1.807, 2.05) is 12.1 Å². The quantitative estimate of drug-likeness (QED) is 0.823. The van der Waals surface area contributed by atoms with Crippen LogP contribution in [0.2, 0.25) is 0 Å². The van der Waals surface area contributed by atoms with Crippen molar-refractivity contribution in [3.05, 3.63) is 40.3 Å². The number of pyridine rings is 1. The van der Waals surface area contributed by atoms with Gasteiger partial charge < -0.3 is 10.6 Å². The van der Waals surface area contributed by atoms with Crippen molar-refractivity contribution >= 4 is 17.0 Å². The lowest BCUT2D eigenvalue weighted by atomic mass is 10.0. The van der Waals surface area contributed by atoms with E-state index in [0.29, 0.717) is 17.6 Å². The third kappa shape index (κ3) is 3.20. The normalized spacial score (nSPS) is 20.8. The number of nitriles is 1. The fraction of sp³-hybridized carbons (Fsp3) is 0.474. The second-order valence-electron chi connectivity index (χ2n) is 6.91.